The van der Waals surface area contributed by atoms with Crippen molar-refractivity contribution >= 4 is 11.6 Å². The lowest BCUT2D eigenvalue weighted by molar-refractivity contribution is 0.101. The summed E-state index contributed by atoms with van der Waals surface area (Å²) in [4.78, 5) is 12.7. The molecule has 1 N–H and O–H groups in total. The van der Waals surface area contributed by atoms with Crippen LogP contribution in [0.4, 0.5) is 5.69 Å². The van der Waals surface area contributed by atoms with E-state index in [-0.39, 0.29) is 5.91 Å². The van der Waals surface area contributed by atoms with Gasteiger partial charge in [-0.25, -0.2) is 0 Å². The van der Waals surface area contributed by atoms with Gasteiger partial charge in [0.1, 0.15) is 5.69 Å². The summed E-state index contributed by atoms with van der Waals surface area (Å²) in [6.45, 7) is 9.21. The highest BCUT2D eigenvalue weighted by Gasteiger charge is 2.18. The lowest BCUT2D eigenvalue weighted by Crippen LogP contribution is -2.18. The number of rotatable bonds is 6. The topological polar surface area (TPSA) is 64.7 Å². The largest absolute Gasteiger partial charge is 0.317 e. The Morgan fingerprint density at radius 1 is 1.08 bits per heavy atom. The second-order valence-electron chi connectivity index (χ2n) is 6.45. The van der Waals surface area contributed by atoms with E-state index in [1.54, 1.807) is 4.68 Å². The number of hydrogen-bond acceptors (Lipinski definition) is 3. The zero-order chi connectivity index (χ0) is 18.7. The number of nitrogens with zero attached hydrogens (tertiary/aromatic N) is 4. The minimum Gasteiger partial charge on any atom is -0.317 e. The maximum absolute atomic E-state index is 12.7. The molecule has 0 radical (unpaired) electrons. The first kappa shape index (κ1) is 17.9. The van der Waals surface area contributed by atoms with Gasteiger partial charge in [-0.3, -0.25) is 14.2 Å². The average molecular weight is 351 g/mol. The molecule has 0 bridgehead atoms. The van der Waals surface area contributed by atoms with Crippen LogP contribution in [0.25, 0.3) is 0 Å². The molecule has 3 aromatic rings. The first-order valence-corrected chi connectivity index (χ1v) is 8.93. The minimum atomic E-state index is -0.152. The van der Waals surface area contributed by atoms with Gasteiger partial charge in [-0.15, -0.1) is 0 Å². The maximum Gasteiger partial charge on any atom is 0.274 e. The molecule has 3 rings (SSSR count). The van der Waals surface area contributed by atoms with Crippen molar-refractivity contribution in [2.24, 2.45) is 0 Å². The minimum absolute atomic E-state index is 0.152. The van der Waals surface area contributed by atoms with Crippen LogP contribution in [-0.4, -0.2) is 25.5 Å². The van der Waals surface area contributed by atoms with Crippen molar-refractivity contribution in [3.63, 3.8) is 0 Å². The third kappa shape index (κ3) is 3.69. The zero-order valence-electron chi connectivity index (χ0n) is 15.8. The van der Waals surface area contributed by atoms with Gasteiger partial charge >= 0.3 is 0 Å². The number of carbonyl (C=O) groups excluding carboxylic acids is 1. The molecule has 0 saturated carbocycles. The van der Waals surface area contributed by atoms with Crippen LogP contribution < -0.4 is 5.32 Å². The summed E-state index contributed by atoms with van der Waals surface area (Å²) in [5.41, 5.74) is 5.25. The van der Waals surface area contributed by atoms with Crippen LogP contribution in [0.15, 0.2) is 36.4 Å². The molecule has 0 atom stereocenters. The molecule has 26 heavy (non-hydrogen) atoms. The molecule has 0 unspecified atom stereocenters. The monoisotopic (exact) mass is 351 g/mol. The van der Waals surface area contributed by atoms with Gasteiger partial charge in [0, 0.05) is 13.1 Å². The Morgan fingerprint density at radius 3 is 2.50 bits per heavy atom. The van der Waals surface area contributed by atoms with Crippen molar-refractivity contribution in [1.82, 2.24) is 19.6 Å². The SMILES string of the molecule is CCn1nc(C)cc1C(=O)Nc1c(C)nn(CCc2ccccc2)c1C. The zero-order valence-corrected chi connectivity index (χ0v) is 15.8. The third-order valence-corrected chi connectivity index (χ3v) is 4.51. The second-order valence-corrected chi connectivity index (χ2v) is 6.45. The van der Waals surface area contributed by atoms with Crippen molar-refractivity contribution in [1.29, 1.82) is 0 Å². The van der Waals surface area contributed by atoms with Crippen LogP contribution in [0.2, 0.25) is 0 Å². The Bertz CT molecular complexity index is 908. The van der Waals surface area contributed by atoms with E-state index in [0.717, 1.165) is 35.7 Å². The van der Waals surface area contributed by atoms with Gasteiger partial charge in [0.15, 0.2) is 0 Å². The van der Waals surface area contributed by atoms with E-state index in [1.807, 2.05) is 56.6 Å². The summed E-state index contributed by atoms with van der Waals surface area (Å²) >= 11 is 0. The summed E-state index contributed by atoms with van der Waals surface area (Å²) in [5, 5.41) is 12.0. The van der Waals surface area contributed by atoms with Gasteiger partial charge in [0.25, 0.3) is 5.91 Å². The lowest BCUT2D eigenvalue weighted by atomic mass is 10.1. The van der Waals surface area contributed by atoms with Crippen molar-refractivity contribution < 1.29 is 4.79 Å². The Labute approximate surface area is 153 Å². The van der Waals surface area contributed by atoms with Gasteiger partial charge in [-0.2, -0.15) is 10.2 Å². The fourth-order valence-corrected chi connectivity index (χ4v) is 3.12. The van der Waals surface area contributed by atoms with Gasteiger partial charge < -0.3 is 5.32 Å². The molecule has 0 aliphatic heterocycles. The van der Waals surface area contributed by atoms with Crippen molar-refractivity contribution in [3.8, 4) is 0 Å². The fraction of sp³-hybridized carbons (Fsp3) is 0.350. The molecule has 136 valence electrons. The van der Waals surface area contributed by atoms with Crippen LogP contribution >= 0.6 is 0 Å². The highest BCUT2D eigenvalue weighted by atomic mass is 16.2. The van der Waals surface area contributed by atoms with Gasteiger partial charge in [0.05, 0.1) is 22.8 Å². The van der Waals surface area contributed by atoms with E-state index in [9.17, 15) is 4.79 Å². The number of carbonyl (C=O) groups is 1. The van der Waals surface area contributed by atoms with Crippen molar-refractivity contribution in [2.45, 2.75) is 47.2 Å². The molecule has 6 nitrogen and oxygen atoms in total. The van der Waals surface area contributed by atoms with E-state index >= 15 is 0 Å². The highest BCUT2D eigenvalue weighted by Crippen LogP contribution is 2.21. The van der Waals surface area contributed by atoms with Crippen LogP contribution in [0.3, 0.4) is 0 Å². The van der Waals surface area contributed by atoms with E-state index in [0.29, 0.717) is 12.2 Å². The van der Waals surface area contributed by atoms with Crippen LogP contribution in [0.1, 0.15) is 40.1 Å². The summed E-state index contributed by atoms with van der Waals surface area (Å²) in [5.74, 6) is -0.152. The number of aryl methyl sites for hydroxylation is 5. The summed E-state index contributed by atoms with van der Waals surface area (Å²) in [7, 11) is 0. The quantitative estimate of drug-likeness (QED) is 0.739. The van der Waals surface area contributed by atoms with Crippen LogP contribution in [-0.2, 0) is 19.5 Å². The van der Waals surface area contributed by atoms with Crippen molar-refractivity contribution in [2.75, 3.05) is 5.32 Å². The summed E-state index contributed by atoms with van der Waals surface area (Å²) < 4.78 is 3.68. The molecule has 2 aromatic heterocycles. The highest BCUT2D eigenvalue weighted by molar-refractivity contribution is 6.03. The summed E-state index contributed by atoms with van der Waals surface area (Å²) in [6, 6.07) is 12.1. The number of benzene rings is 1. The van der Waals surface area contributed by atoms with E-state index in [2.05, 4.69) is 27.6 Å². The molecule has 0 aliphatic carbocycles. The molecule has 0 aliphatic rings. The van der Waals surface area contributed by atoms with E-state index in [4.69, 9.17) is 0 Å². The molecular weight excluding hydrogens is 326 g/mol. The molecular formula is C20H25N5O. The van der Waals surface area contributed by atoms with Crippen LogP contribution in [0, 0.1) is 20.8 Å². The molecule has 1 aromatic carbocycles. The fourth-order valence-electron chi connectivity index (χ4n) is 3.12. The predicted octanol–water partition coefficient (Wildman–Crippen LogP) is 3.52. The number of nitrogens with one attached hydrogen (secondary N) is 1. The van der Waals surface area contributed by atoms with Crippen molar-refractivity contribution in [3.05, 3.63) is 64.7 Å². The Balaban J connectivity index is 1.76. The smallest absolute Gasteiger partial charge is 0.274 e. The molecule has 2 heterocycles. The molecule has 0 fully saturated rings. The molecule has 1 amide bonds. The first-order chi connectivity index (χ1) is 12.5. The standard InChI is InChI=1S/C20H25N5O/c1-5-24-18(13-14(2)22-24)20(26)21-19-15(3)23-25(16(19)4)12-11-17-9-7-6-8-10-17/h6-10,13H,5,11-12H2,1-4H3,(H,21,26). The first-order valence-electron chi connectivity index (χ1n) is 8.93. The second kappa shape index (κ2) is 7.56. The van der Waals surface area contributed by atoms with E-state index in [1.165, 1.54) is 5.56 Å². The third-order valence-electron chi connectivity index (χ3n) is 4.51. The maximum atomic E-state index is 12.7. The number of aromatic nitrogens is 4. The van der Waals surface area contributed by atoms with Crippen LogP contribution in [0.5, 0.6) is 0 Å². The number of hydrogen-bond donors (Lipinski definition) is 1. The van der Waals surface area contributed by atoms with Gasteiger partial charge in [0.2, 0.25) is 0 Å². The van der Waals surface area contributed by atoms with Gasteiger partial charge in [-0.1, -0.05) is 30.3 Å². The van der Waals surface area contributed by atoms with E-state index < -0.39 is 0 Å². The predicted molar refractivity (Wildman–Crippen MR) is 102 cm³/mol. The Morgan fingerprint density at radius 2 is 1.81 bits per heavy atom. The molecule has 0 spiro atoms. The molecule has 0 saturated heterocycles. The molecule has 6 heteroatoms. The number of anilines is 1. The normalized spacial score (nSPS) is 10.9. The summed E-state index contributed by atoms with van der Waals surface area (Å²) in [6.07, 6.45) is 0.901. The average Bonchev–Trinajstić information content (AvgIpc) is 3.15. The lowest BCUT2D eigenvalue weighted by Gasteiger charge is -2.08. The number of amides is 1. The van der Waals surface area contributed by atoms with Gasteiger partial charge in [-0.05, 0) is 45.7 Å². The Hall–Kier alpha value is -2.89. The Kier molecular flexibility index (Phi) is 5.21.